The Bertz CT molecular complexity index is 1270. The van der Waals surface area contributed by atoms with Gasteiger partial charge in [-0.05, 0) is 37.0 Å². The van der Waals surface area contributed by atoms with Gasteiger partial charge in [0, 0.05) is 36.9 Å². The van der Waals surface area contributed by atoms with Crippen LogP contribution in [0.3, 0.4) is 0 Å². The molecular formula is C23H24N6O2. The maximum atomic E-state index is 13.4. The standard InChI is InChI=1S/C23H24N6O2/c1-24-23(31)17-14-27-29-20(9-10-25-22(17)29)19-8-4-5-11-28(19)21(30)12-15-13-26-18-7-3-2-6-16(15)18/h2-3,6-7,9-10,13-14,19,26H,4-5,8,11-12H2,1H3,(H,24,31). The fraction of sp³-hybridized carbons (Fsp3) is 0.304. The van der Waals surface area contributed by atoms with E-state index in [2.05, 4.69) is 20.4 Å². The number of carbonyl (C=O) groups is 2. The summed E-state index contributed by atoms with van der Waals surface area (Å²) in [6.07, 6.45) is 8.36. The molecular weight excluding hydrogens is 392 g/mol. The summed E-state index contributed by atoms with van der Waals surface area (Å²) in [5.41, 5.74) is 3.86. The van der Waals surface area contributed by atoms with Crippen molar-refractivity contribution in [1.82, 2.24) is 29.8 Å². The normalized spacial score (nSPS) is 16.7. The van der Waals surface area contributed by atoms with E-state index in [4.69, 9.17) is 0 Å². The SMILES string of the molecule is CNC(=O)c1cnn2c(C3CCCCN3C(=O)Cc3c[nH]c4ccccc34)ccnc12. The number of aromatic amines is 1. The van der Waals surface area contributed by atoms with Crippen molar-refractivity contribution in [3.05, 3.63) is 65.7 Å². The van der Waals surface area contributed by atoms with Gasteiger partial charge in [-0.1, -0.05) is 18.2 Å². The van der Waals surface area contributed by atoms with Crippen LogP contribution in [-0.4, -0.2) is 49.9 Å². The first-order valence-electron chi connectivity index (χ1n) is 10.6. The highest BCUT2D eigenvalue weighted by atomic mass is 16.2. The number of benzene rings is 1. The van der Waals surface area contributed by atoms with Crippen LogP contribution in [0.15, 0.2) is 48.9 Å². The Labute approximate surface area is 179 Å². The number of rotatable bonds is 4. The van der Waals surface area contributed by atoms with Crippen molar-refractivity contribution in [2.24, 2.45) is 0 Å². The molecule has 8 heteroatoms. The van der Waals surface area contributed by atoms with E-state index in [1.807, 2.05) is 41.4 Å². The van der Waals surface area contributed by atoms with E-state index in [1.54, 1.807) is 17.8 Å². The molecule has 4 heterocycles. The van der Waals surface area contributed by atoms with Crippen molar-refractivity contribution in [3.8, 4) is 0 Å². The van der Waals surface area contributed by atoms with Gasteiger partial charge in [-0.15, -0.1) is 0 Å². The topological polar surface area (TPSA) is 95.4 Å². The smallest absolute Gasteiger partial charge is 0.256 e. The monoisotopic (exact) mass is 416 g/mol. The third kappa shape index (κ3) is 3.34. The summed E-state index contributed by atoms with van der Waals surface area (Å²) < 4.78 is 1.70. The number of nitrogens with zero attached hydrogens (tertiary/aromatic N) is 4. The average molecular weight is 416 g/mol. The minimum atomic E-state index is -0.226. The Hall–Kier alpha value is -3.68. The third-order valence-corrected chi connectivity index (χ3v) is 6.08. The molecule has 1 atom stereocenters. The maximum absolute atomic E-state index is 13.4. The van der Waals surface area contributed by atoms with Crippen molar-refractivity contribution in [1.29, 1.82) is 0 Å². The first kappa shape index (κ1) is 19.3. The minimum Gasteiger partial charge on any atom is -0.361 e. The molecule has 158 valence electrons. The molecule has 0 aliphatic carbocycles. The van der Waals surface area contributed by atoms with Crippen LogP contribution in [0.1, 0.15) is 46.9 Å². The van der Waals surface area contributed by atoms with Crippen molar-refractivity contribution >= 4 is 28.4 Å². The van der Waals surface area contributed by atoms with E-state index in [1.165, 1.54) is 6.20 Å². The maximum Gasteiger partial charge on any atom is 0.256 e. The number of fused-ring (bicyclic) bond motifs is 2. The molecule has 31 heavy (non-hydrogen) atoms. The molecule has 0 bridgehead atoms. The predicted molar refractivity (Wildman–Crippen MR) is 117 cm³/mol. The molecule has 4 aromatic rings. The summed E-state index contributed by atoms with van der Waals surface area (Å²) in [4.78, 5) is 35.1. The van der Waals surface area contributed by atoms with E-state index in [0.29, 0.717) is 24.2 Å². The molecule has 1 aliphatic heterocycles. The van der Waals surface area contributed by atoms with Crippen LogP contribution in [0.2, 0.25) is 0 Å². The second-order valence-electron chi connectivity index (χ2n) is 7.88. The Morgan fingerprint density at radius 3 is 2.97 bits per heavy atom. The second kappa shape index (κ2) is 7.86. The van der Waals surface area contributed by atoms with Gasteiger partial charge in [0.1, 0.15) is 5.56 Å². The van der Waals surface area contributed by atoms with Crippen LogP contribution in [0.5, 0.6) is 0 Å². The zero-order valence-corrected chi connectivity index (χ0v) is 17.3. The lowest BCUT2D eigenvalue weighted by atomic mass is 9.97. The van der Waals surface area contributed by atoms with Crippen molar-refractivity contribution in [3.63, 3.8) is 0 Å². The highest BCUT2D eigenvalue weighted by Gasteiger charge is 2.31. The Kier molecular flexibility index (Phi) is 4.89. The summed E-state index contributed by atoms with van der Waals surface area (Å²) in [6.45, 7) is 0.708. The first-order chi connectivity index (χ1) is 15.2. The van der Waals surface area contributed by atoms with Crippen LogP contribution < -0.4 is 5.32 Å². The Morgan fingerprint density at radius 1 is 1.23 bits per heavy atom. The van der Waals surface area contributed by atoms with Crippen LogP contribution in [0, 0.1) is 0 Å². The predicted octanol–water partition coefficient (Wildman–Crippen LogP) is 2.87. The van der Waals surface area contributed by atoms with E-state index in [9.17, 15) is 9.59 Å². The summed E-state index contributed by atoms with van der Waals surface area (Å²) in [6, 6.07) is 9.83. The molecule has 5 rings (SSSR count). The van der Waals surface area contributed by atoms with E-state index >= 15 is 0 Å². The van der Waals surface area contributed by atoms with Crippen LogP contribution in [-0.2, 0) is 11.2 Å². The number of H-pyrrole nitrogens is 1. The third-order valence-electron chi connectivity index (χ3n) is 6.08. The largest absolute Gasteiger partial charge is 0.361 e. The number of para-hydroxylation sites is 1. The highest BCUT2D eigenvalue weighted by Crippen LogP contribution is 2.32. The van der Waals surface area contributed by atoms with Crippen molar-refractivity contribution in [2.45, 2.75) is 31.7 Å². The van der Waals surface area contributed by atoms with Gasteiger partial charge in [-0.2, -0.15) is 5.10 Å². The van der Waals surface area contributed by atoms with Gasteiger partial charge < -0.3 is 15.2 Å². The lowest BCUT2D eigenvalue weighted by Crippen LogP contribution is -2.40. The molecule has 1 aromatic carbocycles. The van der Waals surface area contributed by atoms with Gasteiger partial charge in [-0.25, -0.2) is 9.50 Å². The molecule has 0 spiro atoms. The summed E-state index contributed by atoms with van der Waals surface area (Å²) in [5, 5.41) is 8.13. The number of amides is 2. The van der Waals surface area contributed by atoms with Gasteiger partial charge in [-0.3, -0.25) is 9.59 Å². The van der Waals surface area contributed by atoms with Gasteiger partial charge in [0.05, 0.1) is 24.4 Å². The fourth-order valence-corrected chi connectivity index (χ4v) is 4.54. The molecule has 2 N–H and O–H groups in total. The number of nitrogens with one attached hydrogen (secondary N) is 2. The summed E-state index contributed by atoms with van der Waals surface area (Å²) >= 11 is 0. The Morgan fingerprint density at radius 2 is 2.10 bits per heavy atom. The number of hydrogen-bond acceptors (Lipinski definition) is 4. The fourth-order valence-electron chi connectivity index (χ4n) is 4.54. The van der Waals surface area contributed by atoms with Gasteiger partial charge in [0.2, 0.25) is 5.91 Å². The molecule has 8 nitrogen and oxygen atoms in total. The zero-order chi connectivity index (χ0) is 21.4. The molecule has 1 aliphatic rings. The van der Waals surface area contributed by atoms with Gasteiger partial charge >= 0.3 is 0 Å². The molecule has 3 aromatic heterocycles. The number of carbonyl (C=O) groups excluding carboxylic acids is 2. The summed E-state index contributed by atoms with van der Waals surface area (Å²) in [5.74, 6) is -0.131. The molecule has 2 amide bonds. The van der Waals surface area contributed by atoms with E-state index < -0.39 is 0 Å². The van der Waals surface area contributed by atoms with Gasteiger partial charge in [0.25, 0.3) is 5.91 Å². The van der Waals surface area contributed by atoms with Crippen LogP contribution in [0.25, 0.3) is 16.6 Å². The zero-order valence-electron chi connectivity index (χ0n) is 17.3. The highest BCUT2D eigenvalue weighted by molar-refractivity contribution is 5.99. The summed E-state index contributed by atoms with van der Waals surface area (Å²) in [7, 11) is 1.59. The first-order valence-corrected chi connectivity index (χ1v) is 10.6. The van der Waals surface area contributed by atoms with E-state index in [-0.39, 0.29) is 17.9 Å². The molecule has 0 saturated carbocycles. The number of piperidine rings is 1. The second-order valence-corrected chi connectivity index (χ2v) is 7.88. The van der Waals surface area contributed by atoms with Crippen LogP contribution >= 0.6 is 0 Å². The lowest BCUT2D eigenvalue weighted by molar-refractivity contribution is -0.134. The molecule has 1 fully saturated rings. The number of hydrogen-bond donors (Lipinski definition) is 2. The van der Waals surface area contributed by atoms with Gasteiger partial charge in [0.15, 0.2) is 5.65 Å². The number of aromatic nitrogens is 4. The van der Waals surface area contributed by atoms with Crippen molar-refractivity contribution < 1.29 is 9.59 Å². The minimum absolute atomic E-state index is 0.0955. The van der Waals surface area contributed by atoms with Crippen LogP contribution in [0.4, 0.5) is 0 Å². The average Bonchev–Trinajstić information content (AvgIpc) is 3.43. The van der Waals surface area contributed by atoms with Crippen molar-refractivity contribution in [2.75, 3.05) is 13.6 Å². The lowest BCUT2D eigenvalue weighted by Gasteiger charge is -2.36. The molecule has 1 unspecified atom stereocenters. The molecule has 0 radical (unpaired) electrons. The quantitative estimate of drug-likeness (QED) is 0.535. The number of likely N-dealkylation sites (tertiary alicyclic amines) is 1. The molecule has 1 saturated heterocycles. The van der Waals surface area contributed by atoms with E-state index in [0.717, 1.165) is 41.4 Å². The Balaban J connectivity index is 1.48.